The number of nitrogens with zero attached hydrogens (tertiary/aromatic N) is 1. The second kappa shape index (κ2) is 25.8. The van der Waals surface area contributed by atoms with E-state index in [-0.39, 0.29) is 60.6 Å². The van der Waals surface area contributed by atoms with Crippen molar-refractivity contribution in [3.05, 3.63) is 11.6 Å². The van der Waals surface area contributed by atoms with Crippen LogP contribution in [0.5, 0.6) is 0 Å². The quantitative estimate of drug-likeness (QED) is 0.0537. The number of esters is 1. The van der Waals surface area contributed by atoms with E-state index in [9.17, 15) is 9.59 Å². The van der Waals surface area contributed by atoms with Crippen molar-refractivity contribution in [1.29, 1.82) is 0 Å². The van der Waals surface area contributed by atoms with Gasteiger partial charge < -0.3 is 26.4 Å². The van der Waals surface area contributed by atoms with E-state index in [1.54, 1.807) is 5.57 Å². The molecule has 5 N–H and O–H groups in total. The van der Waals surface area contributed by atoms with Crippen molar-refractivity contribution in [2.75, 3.05) is 39.3 Å². The van der Waals surface area contributed by atoms with Gasteiger partial charge in [0, 0.05) is 32.4 Å². The monoisotopic (exact) mass is 835 g/mol. The molecular weight excluding hydrogens is 751 g/mol. The van der Waals surface area contributed by atoms with E-state index in [0.717, 1.165) is 112 Å². The number of carbonyl (C=O) groups is 2. The minimum Gasteiger partial charge on any atom is -0.462 e. The molecule has 0 aliphatic heterocycles. The molecule has 4 rings (SSSR count). The maximum absolute atomic E-state index is 13.0. The molecule has 55 heavy (non-hydrogen) atoms. The fraction of sp³-hybridized carbons (Fsp3) is 0.911. The Balaban J connectivity index is 0.00000504. The maximum atomic E-state index is 13.0. The fourth-order valence-electron chi connectivity index (χ4n) is 11.9. The summed E-state index contributed by atoms with van der Waals surface area (Å²) < 4.78 is 6.12. The Morgan fingerprint density at radius 2 is 1.55 bits per heavy atom. The number of hydrogen-bond donors (Lipinski definition) is 3. The molecule has 0 aromatic heterocycles. The van der Waals surface area contributed by atoms with Crippen molar-refractivity contribution in [1.82, 2.24) is 10.2 Å². The van der Waals surface area contributed by atoms with E-state index >= 15 is 0 Å². The van der Waals surface area contributed by atoms with E-state index in [2.05, 4.69) is 52.9 Å². The molecule has 0 bridgehead atoms. The first-order chi connectivity index (χ1) is 25.0. The van der Waals surface area contributed by atoms with Gasteiger partial charge in [0.15, 0.2) is 0 Å². The number of allylic oxidation sites excluding steroid dienone is 1. The predicted octanol–water partition coefficient (Wildman–Crippen LogP) is 10.3. The highest BCUT2D eigenvalue weighted by Gasteiger charge is 2.59. The molecule has 324 valence electrons. The standard InChI is InChI=1S/C45H82N4O3.3ClH/c1-7-35(33(2)3)17-16-34(4)39-20-21-40-38-19-18-36-32-37(22-24-44(36,5)41(38)23-25-45(39,40)6)52-43(51)15-9-8-14-42(50)49(31-13-27-47)30-11-10-28-48-29-12-26-46;;;/h18,33-35,37-41,48H,7-17,19-32,46-47H2,1-6H3;3*1H/t34?,35?,37-,38-,39+,40-,41-,44-,45+;;;/m0.../s1. The first-order valence-corrected chi connectivity index (χ1v) is 22.3. The van der Waals surface area contributed by atoms with E-state index < -0.39 is 0 Å². The van der Waals surface area contributed by atoms with Gasteiger partial charge in [-0.1, -0.05) is 66.0 Å². The molecule has 4 aliphatic rings. The molecule has 9 atom stereocenters. The first-order valence-electron chi connectivity index (χ1n) is 22.3. The summed E-state index contributed by atoms with van der Waals surface area (Å²) in [6, 6.07) is 0. The number of hydrogen-bond acceptors (Lipinski definition) is 6. The van der Waals surface area contributed by atoms with Crippen molar-refractivity contribution in [3.63, 3.8) is 0 Å². The topological polar surface area (TPSA) is 111 Å². The Kier molecular flexibility index (Phi) is 24.6. The van der Waals surface area contributed by atoms with Crippen LogP contribution in [0.3, 0.4) is 0 Å². The second-order valence-corrected chi connectivity index (χ2v) is 18.6. The highest BCUT2D eigenvalue weighted by atomic mass is 35.5. The van der Waals surface area contributed by atoms with Crippen LogP contribution in [0, 0.1) is 52.3 Å². The number of fused-ring (bicyclic) bond motifs is 5. The van der Waals surface area contributed by atoms with Crippen LogP contribution in [0.25, 0.3) is 0 Å². The number of carbonyl (C=O) groups excluding carboxylic acids is 2. The Hall–Kier alpha value is -0.570. The normalized spacial score (nSPS) is 29.3. The van der Waals surface area contributed by atoms with Crippen LogP contribution in [-0.4, -0.2) is 62.1 Å². The summed E-state index contributed by atoms with van der Waals surface area (Å²) in [5.74, 6) is 5.95. The Bertz CT molecular complexity index is 1140. The van der Waals surface area contributed by atoms with Gasteiger partial charge in [-0.25, -0.2) is 0 Å². The summed E-state index contributed by atoms with van der Waals surface area (Å²) in [4.78, 5) is 28.0. The second-order valence-electron chi connectivity index (χ2n) is 18.6. The molecule has 0 saturated heterocycles. The minimum atomic E-state index is -0.0873. The lowest BCUT2D eigenvalue weighted by Gasteiger charge is -2.58. The van der Waals surface area contributed by atoms with E-state index in [1.807, 2.05) is 4.90 Å². The minimum absolute atomic E-state index is 0. The van der Waals surface area contributed by atoms with Crippen LogP contribution in [0.2, 0.25) is 0 Å². The van der Waals surface area contributed by atoms with Crippen LogP contribution < -0.4 is 16.8 Å². The van der Waals surface area contributed by atoms with Gasteiger partial charge in [0.05, 0.1) is 0 Å². The van der Waals surface area contributed by atoms with E-state index in [1.165, 1.54) is 51.4 Å². The molecular formula is C45H85Cl3N4O3. The molecule has 0 radical (unpaired) electrons. The highest BCUT2D eigenvalue weighted by Crippen LogP contribution is 2.67. The van der Waals surface area contributed by atoms with Crippen molar-refractivity contribution in [2.24, 2.45) is 63.7 Å². The number of halogens is 3. The largest absolute Gasteiger partial charge is 0.462 e. The van der Waals surface area contributed by atoms with Crippen molar-refractivity contribution < 1.29 is 14.3 Å². The van der Waals surface area contributed by atoms with Gasteiger partial charge in [0.2, 0.25) is 5.91 Å². The fourth-order valence-corrected chi connectivity index (χ4v) is 11.9. The van der Waals surface area contributed by atoms with Crippen molar-refractivity contribution in [2.45, 2.75) is 170 Å². The van der Waals surface area contributed by atoms with Crippen LogP contribution in [0.4, 0.5) is 0 Å². The van der Waals surface area contributed by atoms with E-state index in [0.29, 0.717) is 44.3 Å². The number of unbranched alkanes of at least 4 members (excludes halogenated alkanes) is 2. The maximum Gasteiger partial charge on any atom is 0.306 e. The Morgan fingerprint density at radius 1 is 0.855 bits per heavy atom. The number of amides is 1. The van der Waals surface area contributed by atoms with Gasteiger partial charge in [-0.3, -0.25) is 9.59 Å². The average Bonchev–Trinajstić information content (AvgIpc) is 3.48. The third kappa shape index (κ3) is 14.0. The summed E-state index contributed by atoms with van der Waals surface area (Å²) >= 11 is 0. The number of nitrogens with two attached hydrogens (primary N) is 2. The molecule has 7 nitrogen and oxygen atoms in total. The van der Waals surface area contributed by atoms with Gasteiger partial charge in [-0.05, 0) is 168 Å². The van der Waals surface area contributed by atoms with Gasteiger partial charge in [-0.2, -0.15) is 0 Å². The van der Waals surface area contributed by atoms with Gasteiger partial charge in [0.25, 0.3) is 0 Å². The SMILES string of the molecule is CCC(CCC(C)[C@H]1CC[C@H]2[C@@H]3CC=C4C[C@@H](OC(=O)CCCCC(=O)N(CCCN)CCCCNCCCN)CC[C@]4(C)[C@H]3CC[C@]12C)C(C)C.Cl.Cl.Cl. The Morgan fingerprint density at radius 3 is 2.24 bits per heavy atom. The van der Waals surface area contributed by atoms with Crippen molar-refractivity contribution in [3.8, 4) is 0 Å². The summed E-state index contributed by atoms with van der Waals surface area (Å²) in [6.07, 6.45) is 22.8. The molecule has 1 amide bonds. The van der Waals surface area contributed by atoms with Gasteiger partial charge in [-0.15, -0.1) is 37.2 Å². The highest BCUT2D eigenvalue weighted by molar-refractivity contribution is 5.86. The molecule has 0 aromatic rings. The lowest BCUT2D eigenvalue weighted by molar-refractivity contribution is -0.151. The number of rotatable bonds is 23. The summed E-state index contributed by atoms with van der Waals surface area (Å²) in [5, 5.41) is 3.41. The molecule has 2 unspecified atom stereocenters. The molecule has 3 saturated carbocycles. The summed E-state index contributed by atoms with van der Waals surface area (Å²) in [6.45, 7) is 19.8. The first kappa shape index (κ1) is 52.4. The zero-order valence-corrected chi connectivity index (χ0v) is 38.4. The smallest absolute Gasteiger partial charge is 0.306 e. The predicted molar refractivity (Wildman–Crippen MR) is 238 cm³/mol. The zero-order valence-electron chi connectivity index (χ0n) is 35.9. The molecule has 4 aliphatic carbocycles. The van der Waals surface area contributed by atoms with E-state index in [4.69, 9.17) is 16.2 Å². The van der Waals surface area contributed by atoms with Crippen LogP contribution >= 0.6 is 37.2 Å². The third-order valence-electron chi connectivity index (χ3n) is 15.2. The molecule has 0 aromatic carbocycles. The number of nitrogens with one attached hydrogen (secondary N) is 1. The lowest BCUT2D eigenvalue weighted by atomic mass is 9.47. The molecule has 3 fully saturated rings. The molecule has 0 spiro atoms. The summed E-state index contributed by atoms with van der Waals surface area (Å²) in [5.41, 5.74) is 13.7. The summed E-state index contributed by atoms with van der Waals surface area (Å²) in [7, 11) is 0. The third-order valence-corrected chi connectivity index (χ3v) is 15.2. The molecule has 0 heterocycles. The Labute approximate surface area is 356 Å². The van der Waals surface area contributed by atoms with Gasteiger partial charge in [0.1, 0.15) is 6.10 Å². The van der Waals surface area contributed by atoms with Crippen LogP contribution in [0.1, 0.15) is 164 Å². The van der Waals surface area contributed by atoms with Gasteiger partial charge >= 0.3 is 5.97 Å². The average molecular weight is 837 g/mol. The van der Waals surface area contributed by atoms with Crippen LogP contribution in [0.15, 0.2) is 11.6 Å². The molecule has 10 heteroatoms. The number of ether oxygens (including phenoxy) is 1. The zero-order chi connectivity index (χ0) is 37.7. The van der Waals surface area contributed by atoms with Crippen molar-refractivity contribution >= 4 is 49.1 Å². The van der Waals surface area contributed by atoms with Crippen LogP contribution in [-0.2, 0) is 14.3 Å². The lowest BCUT2D eigenvalue weighted by Crippen LogP contribution is -2.51.